The predicted molar refractivity (Wildman–Crippen MR) is 125 cm³/mol. The second-order valence-electron chi connectivity index (χ2n) is 8.00. The first-order valence-corrected chi connectivity index (χ1v) is 12.7. The number of benzene rings is 2. The van der Waals surface area contributed by atoms with Crippen molar-refractivity contribution in [2.24, 2.45) is 0 Å². The fourth-order valence-corrected chi connectivity index (χ4v) is 5.28. The van der Waals surface area contributed by atoms with Gasteiger partial charge in [0.1, 0.15) is 0 Å². The number of ether oxygens (including phenoxy) is 1. The van der Waals surface area contributed by atoms with E-state index < -0.39 is 10.0 Å². The molecule has 10 heteroatoms. The van der Waals surface area contributed by atoms with Crippen LogP contribution in [0.1, 0.15) is 24.0 Å². The van der Waals surface area contributed by atoms with Crippen LogP contribution in [0, 0.1) is 0 Å². The van der Waals surface area contributed by atoms with Gasteiger partial charge in [-0.2, -0.15) is 0 Å². The van der Waals surface area contributed by atoms with Crippen molar-refractivity contribution in [2.75, 3.05) is 37.7 Å². The Kier molecular flexibility index (Phi) is 7.33. The summed E-state index contributed by atoms with van der Waals surface area (Å²) in [6.45, 7) is 2.72. The van der Waals surface area contributed by atoms with Gasteiger partial charge in [0.15, 0.2) is 0 Å². The minimum absolute atomic E-state index is 0.0443. The van der Waals surface area contributed by atoms with Crippen molar-refractivity contribution in [2.45, 2.75) is 30.7 Å². The standard InChI is InChI=1S/C23H26ClN3O5S/c24-20-4-2-1-3-18(20)16-25-33(30,31)19-5-6-21-17(15-19)9-10-27(21)23(29)8-7-22(28)26-11-13-32-14-12-26/h1-6,15,25H,7-14,16H2. The monoisotopic (exact) mass is 491 g/mol. The summed E-state index contributed by atoms with van der Waals surface area (Å²) in [4.78, 5) is 28.6. The number of sulfonamides is 1. The zero-order valence-corrected chi connectivity index (χ0v) is 19.7. The molecule has 2 aliphatic heterocycles. The second-order valence-corrected chi connectivity index (χ2v) is 10.2. The highest BCUT2D eigenvalue weighted by Crippen LogP contribution is 2.31. The molecule has 2 aromatic carbocycles. The molecule has 0 aromatic heterocycles. The topological polar surface area (TPSA) is 96.0 Å². The maximum Gasteiger partial charge on any atom is 0.240 e. The van der Waals surface area contributed by atoms with Crippen molar-refractivity contribution in [3.05, 3.63) is 58.6 Å². The summed E-state index contributed by atoms with van der Waals surface area (Å²) >= 11 is 6.11. The third kappa shape index (κ3) is 5.55. The second kappa shape index (κ2) is 10.2. The fraction of sp³-hybridized carbons (Fsp3) is 0.391. The molecule has 1 fully saturated rings. The van der Waals surface area contributed by atoms with E-state index in [0.29, 0.717) is 55.5 Å². The molecule has 1 N–H and O–H groups in total. The van der Waals surface area contributed by atoms with E-state index in [1.165, 1.54) is 6.07 Å². The third-order valence-electron chi connectivity index (χ3n) is 5.88. The molecule has 4 rings (SSSR count). The normalized spacial score (nSPS) is 16.0. The van der Waals surface area contributed by atoms with Gasteiger partial charge in [-0.3, -0.25) is 9.59 Å². The average Bonchev–Trinajstić information content (AvgIpc) is 3.26. The number of carbonyl (C=O) groups is 2. The van der Waals surface area contributed by atoms with Gasteiger partial charge in [0, 0.05) is 49.7 Å². The summed E-state index contributed by atoms with van der Waals surface area (Å²) in [5.74, 6) is -0.181. The number of rotatable bonds is 7. The molecule has 2 heterocycles. The Morgan fingerprint density at radius 1 is 1.00 bits per heavy atom. The summed E-state index contributed by atoms with van der Waals surface area (Å²) < 4.78 is 33.4. The van der Waals surface area contributed by atoms with Crippen LogP contribution in [0.5, 0.6) is 0 Å². The third-order valence-corrected chi connectivity index (χ3v) is 7.65. The first kappa shape index (κ1) is 23.7. The van der Waals surface area contributed by atoms with Gasteiger partial charge in [0.05, 0.1) is 18.1 Å². The van der Waals surface area contributed by atoms with Gasteiger partial charge in [0.25, 0.3) is 0 Å². The molecule has 0 spiro atoms. The minimum atomic E-state index is -3.74. The van der Waals surface area contributed by atoms with Gasteiger partial charge in [-0.15, -0.1) is 0 Å². The van der Waals surface area contributed by atoms with E-state index >= 15 is 0 Å². The average molecular weight is 492 g/mol. The van der Waals surface area contributed by atoms with Crippen LogP contribution < -0.4 is 9.62 Å². The lowest BCUT2D eigenvalue weighted by Gasteiger charge is -2.27. The number of amides is 2. The number of morpholine rings is 1. The molecule has 0 unspecified atom stereocenters. The van der Waals surface area contributed by atoms with Crippen LogP contribution in [0.3, 0.4) is 0 Å². The first-order chi connectivity index (χ1) is 15.8. The van der Waals surface area contributed by atoms with E-state index in [-0.39, 0.29) is 36.1 Å². The van der Waals surface area contributed by atoms with E-state index in [4.69, 9.17) is 16.3 Å². The summed E-state index contributed by atoms with van der Waals surface area (Å²) in [7, 11) is -3.74. The van der Waals surface area contributed by atoms with Crippen molar-refractivity contribution >= 4 is 39.1 Å². The van der Waals surface area contributed by atoms with Crippen LogP contribution in [-0.4, -0.2) is 58.0 Å². The lowest BCUT2D eigenvalue weighted by molar-refractivity contribution is -0.136. The van der Waals surface area contributed by atoms with E-state index in [9.17, 15) is 18.0 Å². The summed E-state index contributed by atoms with van der Waals surface area (Å²) in [5.41, 5.74) is 2.18. The highest BCUT2D eigenvalue weighted by Gasteiger charge is 2.27. The lowest BCUT2D eigenvalue weighted by Crippen LogP contribution is -2.41. The molecule has 1 saturated heterocycles. The fourth-order valence-electron chi connectivity index (χ4n) is 4.02. The highest BCUT2D eigenvalue weighted by molar-refractivity contribution is 7.89. The number of carbonyl (C=O) groups excluding carboxylic acids is 2. The molecule has 0 atom stereocenters. The Bertz CT molecular complexity index is 1150. The van der Waals surface area contributed by atoms with Crippen molar-refractivity contribution in [3.63, 3.8) is 0 Å². The largest absolute Gasteiger partial charge is 0.378 e. The Labute approximate surface area is 198 Å². The van der Waals surface area contributed by atoms with E-state index in [0.717, 1.165) is 5.56 Å². The van der Waals surface area contributed by atoms with Crippen molar-refractivity contribution in [1.82, 2.24) is 9.62 Å². The SMILES string of the molecule is O=C(CCC(=O)N1CCc2cc(S(=O)(=O)NCc3ccccc3Cl)ccc21)N1CCOCC1. The quantitative estimate of drug-likeness (QED) is 0.641. The molecule has 2 aliphatic rings. The summed E-state index contributed by atoms with van der Waals surface area (Å²) in [5, 5.41) is 0.496. The van der Waals surface area contributed by atoms with Gasteiger partial charge in [-0.05, 0) is 41.8 Å². The van der Waals surface area contributed by atoms with Crippen LogP contribution in [0.4, 0.5) is 5.69 Å². The maximum atomic E-state index is 12.8. The molecular formula is C23H26ClN3O5S. The minimum Gasteiger partial charge on any atom is -0.378 e. The Balaban J connectivity index is 1.38. The molecule has 176 valence electrons. The summed E-state index contributed by atoms with van der Waals surface area (Å²) in [6, 6.07) is 11.8. The van der Waals surface area contributed by atoms with Gasteiger partial charge in [-0.25, -0.2) is 13.1 Å². The van der Waals surface area contributed by atoms with Crippen LogP contribution in [0.2, 0.25) is 5.02 Å². The van der Waals surface area contributed by atoms with Crippen LogP contribution in [-0.2, 0) is 37.3 Å². The van der Waals surface area contributed by atoms with Gasteiger partial charge in [-0.1, -0.05) is 29.8 Å². The zero-order chi connectivity index (χ0) is 23.4. The number of hydrogen-bond donors (Lipinski definition) is 1. The number of nitrogens with one attached hydrogen (secondary N) is 1. The van der Waals surface area contributed by atoms with Crippen molar-refractivity contribution in [1.29, 1.82) is 0 Å². The van der Waals surface area contributed by atoms with E-state index in [2.05, 4.69) is 4.72 Å². The molecular weight excluding hydrogens is 466 g/mol. The Hall–Kier alpha value is -2.46. The highest BCUT2D eigenvalue weighted by atomic mass is 35.5. The van der Waals surface area contributed by atoms with Crippen LogP contribution >= 0.6 is 11.6 Å². The number of anilines is 1. The van der Waals surface area contributed by atoms with Crippen LogP contribution in [0.25, 0.3) is 0 Å². The molecule has 2 amide bonds. The van der Waals surface area contributed by atoms with Crippen molar-refractivity contribution < 1.29 is 22.7 Å². The van der Waals surface area contributed by atoms with Crippen LogP contribution in [0.15, 0.2) is 47.4 Å². The number of halogens is 1. The number of fused-ring (bicyclic) bond motifs is 1. The molecule has 0 bridgehead atoms. The first-order valence-electron chi connectivity index (χ1n) is 10.9. The molecule has 8 nitrogen and oxygen atoms in total. The molecule has 0 radical (unpaired) electrons. The maximum absolute atomic E-state index is 12.8. The van der Waals surface area contributed by atoms with E-state index in [1.54, 1.807) is 46.2 Å². The molecule has 33 heavy (non-hydrogen) atoms. The summed E-state index contributed by atoms with van der Waals surface area (Å²) in [6.07, 6.45) is 0.838. The van der Waals surface area contributed by atoms with Gasteiger partial charge in [0.2, 0.25) is 21.8 Å². The number of nitrogens with zero attached hydrogens (tertiary/aromatic N) is 2. The number of hydrogen-bond acceptors (Lipinski definition) is 5. The smallest absolute Gasteiger partial charge is 0.240 e. The molecule has 2 aromatic rings. The molecule has 0 saturated carbocycles. The van der Waals surface area contributed by atoms with Gasteiger partial charge < -0.3 is 14.5 Å². The van der Waals surface area contributed by atoms with Gasteiger partial charge >= 0.3 is 0 Å². The Morgan fingerprint density at radius 3 is 2.48 bits per heavy atom. The van der Waals surface area contributed by atoms with E-state index in [1.807, 2.05) is 0 Å². The predicted octanol–water partition coefficient (Wildman–Crippen LogP) is 2.35. The van der Waals surface area contributed by atoms with Crippen molar-refractivity contribution in [3.8, 4) is 0 Å². The lowest BCUT2D eigenvalue weighted by atomic mass is 10.2. The zero-order valence-electron chi connectivity index (χ0n) is 18.1. The molecule has 0 aliphatic carbocycles. The Morgan fingerprint density at radius 2 is 1.73 bits per heavy atom.